The van der Waals surface area contributed by atoms with Crippen LogP contribution in [0.15, 0.2) is 24.3 Å². The lowest BCUT2D eigenvalue weighted by Gasteiger charge is -2.37. The van der Waals surface area contributed by atoms with Crippen molar-refractivity contribution in [2.24, 2.45) is 0 Å². The first-order valence-electron chi connectivity index (χ1n) is 9.01. The molecule has 0 unspecified atom stereocenters. The molecule has 1 aliphatic carbocycles. The van der Waals surface area contributed by atoms with E-state index >= 15 is 0 Å². The number of hydrogen-bond donors (Lipinski definition) is 1. The second-order valence-electron chi connectivity index (χ2n) is 6.92. The van der Waals surface area contributed by atoms with Gasteiger partial charge >= 0.3 is 0 Å². The quantitative estimate of drug-likeness (QED) is 0.904. The minimum Gasteiger partial charge on any atom is -0.392 e. The Morgan fingerprint density at radius 1 is 1.05 bits per heavy atom. The Morgan fingerprint density at radius 3 is 2.27 bits per heavy atom. The van der Waals surface area contributed by atoms with E-state index in [1.54, 1.807) is 0 Å². The molecule has 3 heteroatoms. The fourth-order valence-electron chi connectivity index (χ4n) is 3.83. The molecule has 0 aromatic heterocycles. The maximum absolute atomic E-state index is 9.77. The number of β-amino-alcohol motifs (C(OH)–C–C–N with tert-alkyl or cyclic N) is 1. The Balaban J connectivity index is 1.52. The first-order valence-corrected chi connectivity index (χ1v) is 9.01. The highest BCUT2D eigenvalue weighted by molar-refractivity contribution is 5.48. The molecule has 122 valence electrons. The Labute approximate surface area is 134 Å². The van der Waals surface area contributed by atoms with Crippen molar-refractivity contribution < 1.29 is 5.11 Å². The van der Waals surface area contributed by atoms with Gasteiger partial charge in [-0.15, -0.1) is 0 Å². The molecule has 1 saturated carbocycles. The van der Waals surface area contributed by atoms with E-state index in [2.05, 4.69) is 34.1 Å². The minimum atomic E-state index is -0.169. The number of anilines is 1. The number of benzene rings is 1. The molecular weight excluding hydrogens is 272 g/mol. The third-order valence-corrected chi connectivity index (χ3v) is 5.40. The van der Waals surface area contributed by atoms with E-state index in [1.807, 2.05) is 6.92 Å². The molecule has 0 radical (unpaired) electrons. The first-order chi connectivity index (χ1) is 10.8. The molecule has 3 rings (SSSR count). The van der Waals surface area contributed by atoms with Gasteiger partial charge in [0, 0.05) is 38.4 Å². The Bertz CT molecular complexity index is 445. The molecule has 1 aliphatic heterocycles. The van der Waals surface area contributed by atoms with Gasteiger partial charge in [0.25, 0.3) is 0 Å². The third kappa shape index (κ3) is 3.82. The van der Waals surface area contributed by atoms with Crippen molar-refractivity contribution >= 4 is 5.69 Å². The molecule has 0 amide bonds. The Morgan fingerprint density at radius 2 is 1.68 bits per heavy atom. The Kier molecular flexibility index (Phi) is 5.37. The molecule has 1 N–H and O–H groups in total. The maximum atomic E-state index is 9.77. The largest absolute Gasteiger partial charge is 0.392 e. The normalized spacial score (nSPS) is 22.2. The van der Waals surface area contributed by atoms with E-state index in [4.69, 9.17) is 0 Å². The van der Waals surface area contributed by atoms with Gasteiger partial charge in [0.05, 0.1) is 6.10 Å². The summed E-state index contributed by atoms with van der Waals surface area (Å²) in [6.45, 7) is 7.12. The topological polar surface area (TPSA) is 26.7 Å². The lowest BCUT2D eigenvalue weighted by Crippen LogP contribution is -2.48. The monoisotopic (exact) mass is 302 g/mol. The SMILES string of the molecule is CC[C@@H](O)CN1CCN(c2ccc(C3CCCC3)cc2)CC1. The summed E-state index contributed by atoms with van der Waals surface area (Å²) < 4.78 is 0. The van der Waals surface area contributed by atoms with E-state index in [0.29, 0.717) is 0 Å². The summed E-state index contributed by atoms with van der Waals surface area (Å²) in [5.41, 5.74) is 2.89. The lowest BCUT2D eigenvalue weighted by molar-refractivity contribution is 0.106. The molecule has 0 bridgehead atoms. The molecular formula is C19H30N2O. The zero-order valence-electron chi connectivity index (χ0n) is 13.9. The highest BCUT2D eigenvalue weighted by atomic mass is 16.3. The molecule has 22 heavy (non-hydrogen) atoms. The standard InChI is InChI=1S/C19H30N2O/c1-2-19(22)15-20-11-13-21(14-12-20)18-9-7-17(8-10-18)16-5-3-4-6-16/h7-10,16,19,22H,2-6,11-15H2,1H3/t19-/m1/s1. The lowest BCUT2D eigenvalue weighted by atomic mass is 9.97. The minimum absolute atomic E-state index is 0.169. The number of nitrogens with zero attached hydrogens (tertiary/aromatic N) is 2. The third-order valence-electron chi connectivity index (χ3n) is 5.40. The van der Waals surface area contributed by atoms with Gasteiger partial charge in [0.15, 0.2) is 0 Å². The van der Waals surface area contributed by atoms with Crippen LogP contribution >= 0.6 is 0 Å². The van der Waals surface area contributed by atoms with E-state index in [9.17, 15) is 5.11 Å². The molecule has 2 aliphatic rings. The summed E-state index contributed by atoms with van der Waals surface area (Å²) in [4.78, 5) is 4.87. The summed E-state index contributed by atoms with van der Waals surface area (Å²) in [6, 6.07) is 9.31. The second-order valence-corrected chi connectivity index (χ2v) is 6.92. The van der Waals surface area contributed by atoms with Crippen LogP contribution in [0.1, 0.15) is 50.5 Å². The molecule has 1 aromatic rings. The predicted molar refractivity (Wildman–Crippen MR) is 92.6 cm³/mol. The zero-order valence-corrected chi connectivity index (χ0v) is 13.9. The smallest absolute Gasteiger partial charge is 0.0664 e. The first kappa shape index (κ1) is 15.8. The van der Waals surface area contributed by atoms with Crippen molar-refractivity contribution in [2.75, 3.05) is 37.6 Å². The van der Waals surface area contributed by atoms with Crippen molar-refractivity contribution in [3.05, 3.63) is 29.8 Å². The molecule has 3 nitrogen and oxygen atoms in total. The van der Waals surface area contributed by atoms with Crippen LogP contribution in [-0.4, -0.2) is 48.8 Å². The fourth-order valence-corrected chi connectivity index (χ4v) is 3.83. The van der Waals surface area contributed by atoms with Crippen LogP contribution < -0.4 is 4.90 Å². The van der Waals surface area contributed by atoms with Gasteiger partial charge in [0.1, 0.15) is 0 Å². The number of aliphatic hydroxyl groups excluding tert-OH is 1. The van der Waals surface area contributed by atoms with Crippen molar-refractivity contribution in [3.8, 4) is 0 Å². The van der Waals surface area contributed by atoms with Crippen LogP contribution in [-0.2, 0) is 0 Å². The number of rotatable bonds is 5. The summed E-state index contributed by atoms with van der Waals surface area (Å²) in [7, 11) is 0. The van der Waals surface area contributed by atoms with Gasteiger partial charge in [-0.25, -0.2) is 0 Å². The van der Waals surface area contributed by atoms with Crippen LogP contribution in [0.5, 0.6) is 0 Å². The van der Waals surface area contributed by atoms with Crippen LogP contribution in [0.25, 0.3) is 0 Å². The van der Waals surface area contributed by atoms with Crippen LogP contribution in [0.3, 0.4) is 0 Å². The van der Waals surface area contributed by atoms with E-state index in [1.165, 1.54) is 36.9 Å². The van der Waals surface area contributed by atoms with E-state index < -0.39 is 0 Å². The summed E-state index contributed by atoms with van der Waals surface area (Å²) in [5, 5.41) is 9.77. The number of aliphatic hydroxyl groups is 1. The molecule has 1 heterocycles. The van der Waals surface area contributed by atoms with Gasteiger partial charge in [-0.1, -0.05) is 31.9 Å². The molecule has 2 fully saturated rings. The van der Waals surface area contributed by atoms with Crippen molar-refractivity contribution in [2.45, 2.75) is 51.0 Å². The Hall–Kier alpha value is -1.06. The van der Waals surface area contributed by atoms with Crippen LogP contribution in [0, 0.1) is 0 Å². The highest BCUT2D eigenvalue weighted by Crippen LogP contribution is 2.34. The molecule has 1 aromatic carbocycles. The molecule has 1 atom stereocenters. The average Bonchev–Trinajstić information content (AvgIpc) is 3.10. The summed E-state index contributed by atoms with van der Waals surface area (Å²) in [6.07, 6.45) is 6.23. The zero-order chi connectivity index (χ0) is 15.4. The van der Waals surface area contributed by atoms with Crippen LogP contribution in [0.2, 0.25) is 0 Å². The van der Waals surface area contributed by atoms with Gasteiger partial charge < -0.3 is 10.0 Å². The van der Waals surface area contributed by atoms with Gasteiger partial charge in [-0.2, -0.15) is 0 Å². The summed E-state index contributed by atoms with van der Waals surface area (Å²) >= 11 is 0. The van der Waals surface area contributed by atoms with Gasteiger partial charge in [-0.05, 0) is 42.9 Å². The highest BCUT2D eigenvalue weighted by Gasteiger charge is 2.20. The maximum Gasteiger partial charge on any atom is 0.0664 e. The van der Waals surface area contributed by atoms with Crippen LogP contribution in [0.4, 0.5) is 5.69 Å². The van der Waals surface area contributed by atoms with Crippen molar-refractivity contribution in [1.82, 2.24) is 4.90 Å². The number of piperazine rings is 1. The fraction of sp³-hybridized carbons (Fsp3) is 0.684. The predicted octanol–water partition coefficient (Wildman–Crippen LogP) is 3.24. The van der Waals surface area contributed by atoms with Crippen molar-refractivity contribution in [1.29, 1.82) is 0 Å². The van der Waals surface area contributed by atoms with E-state index in [-0.39, 0.29) is 6.10 Å². The molecule has 1 saturated heterocycles. The number of hydrogen-bond acceptors (Lipinski definition) is 3. The van der Waals surface area contributed by atoms with Gasteiger partial charge in [0.2, 0.25) is 0 Å². The molecule has 0 spiro atoms. The average molecular weight is 302 g/mol. The summed E-state index contributed by atoms with van der Waals surface area (Å²) in [5.74, 6) is 0.807. The van der Waals surface area contributed by atoms with Gasteiger partial charge in [-0.3, -0.25) is 4.90 Å². The van der Waals surface area contributed by atoms with Crippen molar-refractivity contribution in [3.63, 3.8) is 0 Å². The second kappa shape index (κ2) is 7.47. The van der Waals surface area contributed by atoms with E-state index in [0.717, 1.165) is 45.1 Å².